The standard InChI is InChI=1S/C21H32N8O/c1-3-4-7-26-20-19(22)17(27-21(23)28-20)14-25-13-15-5-6-16(12-18(15)30-2)29-10-8-24-9-11-29/h5-6,12,14,24H,3-4,7-11,13,22H2,1-2H3,(H3,23,26,27,28). The van der Waals surface area contributed by atoms with Gasteiger partial charge in [-0.3, -0.25) is 4.99 Å². The number of benzene rings is 1. The molecule has 1 aliphatic heterocycles. The summed E-state index contributed by atoms with van der Waals surface area (Å²) in [5.41, 5.74) is 15.2. The SMILES string of the molecule is CCCCNc1nc(N)nc(C=NCc2ccc(N3CCNCC3)cc2OC)c1N. The smallest absolute Gasteiger partial charge is 0.222 e. The molecule has 0 saturated carbocycles. The summed E-state index contributed by atoms with van der Waals surface area (Å²) in [4.78, 5) is 15.3. The van der Waals surface area contributed by atoms with Gasteiger partial charge >= 0.3 is 0 Å². The maximum absolute atomic E-state index is 6.20. The molecule has 0 radical (unpaired) electrons. The zero-order valence-corrected chi connectivity index (χ0v) is 17.8. The molecule has 1 saturated heterocycles. The Morgan fingerprint density at radius 2 is 2.07 bits per heavy atom. The van der Waals surface area contributed by atoms with Gasteiger partial charge in [0.25, 0.3) is 0 Å². The molecule has 0 bridgehead atoms. The number of rotatable bonds is 9. The number of nitrogen functional groups attached to an aromatic ring is 2. The van der Waals surface area contributed by atoms with Crippen LogP contribution in [-0.2, 0) is 6.54 Å². The molecule has 9 heteroatoms. The number of nitrogens with two attached hydrogens (primary N) is 2. The highest BCUT2D eigenvalue weighted by molar-refractivity contribution is 5.88. The lowest BCUT2D eigenvalue weighted by Gasteiger charge is -2.29. The first-order chi connectivity index (χ1) is 14.6. The van der Waals surface area contributed by atoms with Crippen LogP contribution in [0.4, 0.5) is 23.1 Å². The second-order valence-electron chi connectivity index (χ2n) is 7.21. The molecule has 9 nitrogen and oxygen atoms in total. The number of hydrogen-bond donors (Lipinski definition) is 4. The number of aliphatic imine (C=N–C) groups is 1. The molecule has 0 atom stereocenters. The molecule has 162 valence electrons. The van der Waals surface area contributed by atoms with Crippen molar-refractivity contribution in [2.75, 3.05) is 61.5 Å². The fraction of sp³-hybridized carbons (Fsp3) is 0.476. The van der Waals surface area contributed by atoms with Crippen molar-refractivity contribution in [3.05, 3.63) is 29.5 Å². The van der Waals surface area contributed by atoms with Crippen LogP contribution in [0.3, 0.4) is 0 Å². The topological polar surface area (TPSA) is 127 Å². The van der Waals surface area contributed by atoms with Gasteiger partial charge in [-0.2, -0.15) is 4.98 Å². The van der Waals surface area contributed by atoms with E-state index < -0.39 is 0 Å². The Morgan fingerprint density at radius 1 is 1.27 bits per heavy atom. The molecule has 6 N–H and O–H groups in total. The Bertz CT molecular complexity index is 864. The van der Waals surface area contributed by atoms with E-state index in [9.17, 15) is 0 Å². The molecule has 30 heavy (non-hydrogen) atoms. The van der Waals surface area contributed by atoms with E-state index in [0.29, 0.717) is 23.7 Å². The van der Waals surface area contributed by atoms with Crippen LogP contribution in [0.2, 0.25) is 0 Å². The quantitative estimate of drug-likeness (QED) is 0.363. The minimum Gasteiger partial charge on any atom is -0.496 e. The Balaban J connectivity index is 1.71. The van der Waals surface area contributed by atoms with Gasteiger partial charge in [0.2, 0.25) is 5.95 Å². The minimum absolute atomic E-state index is 0.169. The highest BCUT2D eigenvalue weighted by Gasteiger charge is 2.13. The highest BCUT2D eigenvalue weighted by Crippen LogP contribution is 2.27. The van der Waals surface area contributed by atoms with Gasteiger partial charge in [-0.15, -0.1) is 0 Å². The number of nitrogens with zero attached hydrogens (tertiary/aromatic N) is 4. The summed E-state index contributed by atoms with van der Waals surface area (Å²) in [6.45, 7) is 7.33. The third-order valence-electron chi connectivity index (χ3n) is 5.04. The minimum atomic E-state index is 0.169. The Hall–Kier alpha value is -3.07. The molecule has 0 amide bonds. The lowest BCUT2D eigenvalue weighted by Crippen LogP contribution is -2.43. The van der Waals surface area contributed by atoms with Crippen molar-refractivity contribution in [1.29, 1.82) is 0 Å². The maximum Gasteiger partial charge on any atom is 0.222 e. The number of nitrogens with one attached hydrogen (secondary N) is 2. The summed E-state index contributed by atoms with van der Waals surface area (Å²) in [6.07, 6.45) is 3.75. The number of aromatic nitrogens is 2. The van der Waals surface area contributed by atoms with Gasteiger partial charge in [-0.1, -0.05) is 19.4 Å². The van der Waals surface area contributed by atoms with Gasteiger partial charge in [0.1, 0.15) is 17.1 Å². The third-order valence-corrected chi connectivity index (χ3v) is 5.04. The number of unbranched alkanes of at least 4 members (excludes halogenated alkanes) is 1. The van der Waals surface area contributed by atoms with Crippen LogP contribution >= 0.6 is 0 Å². The number of methoxy groups -OCH3 is 1. The number of piperazine rings is 1. The van der Waals surface area contributed by atoms with Crippen LogP contribution in [0.5, 0.6) is 5.75 Å². The lowest BCUT2D eigenvalue weighted by molar-refractivity contribution is 0.409. The van der Waals surface area contributed by atoms with Crippen molar-refractivity contribution in [2.45, 2.75) is 26.3 Å². The summed E-state index contributed by atoms with van der Waals surface area (Å²) in [7, 11) is 1.68. The first-order valence-electron chi connectivity index (χ1n) is 10.4. The van der Waals surface area contributed by atoms with Gasteiger partial charge < -0.3 is 31.7 Å². The van der Waals surface area contributed by atoms with Crippen LogP contribution < -0.4 is 31.7 Å². The van der Waals surface area contributed by atoms with E-state index in [2.05, 4.69) is 55.6 Å². The molecule has 1 aromatic carbocycles. The molecule has 1 fully saturated rings. The number of ether oxygens (including phenoxy) is 1. The fourth-order valence-electron chi connectivity index (χ4n) is 3.34. The number of hydrogen-bond acceptors (Lipinski definition) is 9. The molecule has 1 aliphatic rings. The van der Waals surface area contributed by atoms with Crippen LogP contribution in [0.25, 0.3) is 0 Å². The van der Waals surface area contributed by atoms with E-state index in [-0.39, 0.29) is 5.95 Å². The van der Waals surface area contributed by atoms with E-state index in [1.807, 2.05) is 0 Å². The summed E-state index contributed by atoms with van der Waals surface area (Å²) in [6, 6.07) is 6.25. The highest BCUT2D eigenvalue weighted by atomic mass is 16.5. The van der Waals surface area contributed by atoms with Gasteiger partial charge in [-0.05, 0) is 12.5 Å². The molecule has 2 heterocycles. The van der Waals surface area contributed by atoms with Gasteiger partial charge in [-0.25, -0.2) is 4.98 Å². The second-order valence-corrected chi connectivity index (χ2v) is 7.21. The van der Waals surface area contributed by atoms with E-state index in [1.165, 1.54) is 0 Å². The molecule has 2 aromatic rings. The summed E-state index contributed by atoms with van der Waals surface area (Å²) in [5.74, 6) is 1.54. The van der Waals surface area contributed by atoms with Gasteiger partial charge in [0, 0.05) is 56.3 Å². The predicted octanol–water partition coefficient (Wildman–Crippen LogP) is 1.89. The molecular formula is C21H32N8O. The van der Waals surface area contributed by atoms with Gasteiger partial charge in [0.15, 0.2) is 5.82 Å². The van der Waals surface area contributed by atoms with Crippen molar-refractivity contribution in [2.24, 2.45) is 4.99 Å². The van der Waals surface area contributed by atoms with Crippen molar-refractivity contribution >= 4 is 29.4 Å². The zero-order chi connectivity index (χ0) is 21.3. The van der Waals surface area contributed by atoms with Crippen molar-refractivity contribution in [3.8, 4) is 5.75 Å². The molecule has 0 spiro atoms. The Morgan fingerprint density at radius 3 is 2.80 bits per heavy atom. The Kier molecular flexibility index (Phi) is 7.67. The predicted molar refractivity (Wildman–Crippen MR) is 124 cm³/mol. The van der Waals surface area contributed by atoms with E-state index in [0.717, 1.165) is 62.6 Å². The van der Waals surface area contributed by atoms with Crippen LogP contribution in [0, 0.1) is 0 Å². The monoisotopic (exact) mass is 412 g/mol. The summed E-state index contributed by atoms with van der Waals surface area (Å²) in [5, 5.41) is 6.58. The van der Waals surface area contributed by atoms with Crippen molar-refractivity contribution < 1.29 is 4.74 Å². The van der Waals surface area contributed by atoms with Crippen LogP contribution in [-0.4, -0.2) is 56.0 Å². The average Bonchev–Trinajstić information content (AvgIpc) is 2.77. The maximum atomic E-state index is 6.20. The third kappa shape index (κ3) is 5.50. The van der Waals surface area contributed by atoms with Crippen LogP contribution in [0.1, 0.15) is 31.0 Å². The number of anilines is 4. The average molecular weight is 413 g/mol. The molecule has 0 aliphatic carbocycles. The van der Waals surface area contributed by atoms with E-state index >= 15 is 0 Å². The normalized spacial score (nSPS) is 14.3. The van der Waals surface area contributed by atoms with Crippen molar-refractivity contribution in [3.63, 3.8) is 0 Å². The van der Waals surface area contributed by atoms with Gasteiger partial charge in [0.05, 0.1) is 13.7 Å². The molecule has 3 rings (SSSR count). The van der Waals surface area contributed by atoms with Crippen LogP contribution in [0.15, 0.2) is 23.2 Å². The largest absolute Gasteiger partial charge is 0.496 e. The first-order valence-corrected chi connectivity index (χ1v) is 10.4. The first kappa shape index (κ1) is 21.6. The van der Waals surface area contributed by atoms with Crippen molar-refractivity contribution in [1.82, 2.24) is 15.3 Å². The zero-order valence-electron chi connectivity index (χ0n) is 17.8. The second kappa shape index (κ2) is 10.6. The molecule has 0 unspecified atom stereocenters. The summed E-state index contributed by atoms with van der Waals surface area (Å²) < 4.78 is 5.60. The van der Waals surface area contributed by atoms with E-state index in [1.54, 1.807) is 13.3 Å². The molecular weight excluding hydrogens is 380 g/mol. The fourth-order valence-corrected chi connectivity index (χ4v) is 3.34. The van der Waals surface area contributed by atoms with E-state index in [4.69, 9.17) is 16.2 Å². The molecule has 1 aromatic heterocycles. The Labute approximate surface area is 177 Å². The lowest BCUT2D eigenvalue weighted by atomic mass is 10.1. The summed E-state index contributed by atoms with van der Waals surface area (Å²) >= 11 is 0.